The molecule has 1 rings (SSSR count). The molecule has 0 saturated heterocycles. The second kappa shape index (κ2) is 5.41. The molecular weight excluding hydrogens is 223 g/mol. The summed E-state index contributed by atoms with van der Waals surface area (Å²) in [5.41, 5.74) is 0. The number of hydrazine groups is 1. The first-order valence-corrected chi connectivity index (χ1v) is 4.89. The number of nitrogens with two attached hydrogens (primary N) is 1. The second-order valence-corrected chi connectivity index (χ2v) is 3.67. The van der Waals surface area contributed by atoms with Gasteiger partial charge in [-0.2, -0.15) is 0 Å². The lowest BCUT2D eigenvalue weighted by Gasteiger charge is -2.11. The fourth-order valence-electron chi connectivity index (χ4n) is 0.895. The largest absolute Gasteiger partial charge is 0.491 e. The van der Waals surface area contributed by atoms with Crippen LogP contribution in [0.2, 0.25) is 10.0 Å². The van der Waals surface area contributed by atoms with E-state index in [9.17, 15) is 0 Å². The summed E-state index contributed by atoms with van der Waals surface area (Å²) in [6, 6.07) is 5.27. The van der Waals surface area contributed by atoms with Crippen molar-refractivity contribution < 1.29 is 4.74 Å². The maximum absolute atomic E-state index is 5.91. The van der Waals surface area contributed by atoms with Crippen molar-refractivity contribution in [3.8, 4) is 5.75 Å². The zero-order chi connectivity index (χ0) is 10.6. The van der Waals surface area contributed by atoms with Gasteiger partial charge in [0.2, 0.25) is 0 Å². The fourth-order valence-corrected chi connectivity index (χ4v) is 1.24. The highest BCUT2D eigenvalue weighted by Crippen LogP contribution is 2.31. The zero-order valence-corrected chi connectivity index (χ0v) is 9.35. The molecule has 0 radical (unpaired) electrons. The molecule has 78 valence electrons. The van der Waals surface area contributed by atoms with Crippen molar-refractivity contribution in [3.63, 3.8) is 0 Å². The molecule has 1 aromatic carbocycles. The number of ether oxygens (including phenoxy) is 1. The molecule has 0 aromatic heterocycles. The molecule has 3 nitrogen and oxygen atoms in total. The van der Waals surface area contributed by atoms with E-state index in [1.165, 1.54) is 0 Å². The van der Waals surface area contributed by atoms with E-state index >= 15 is 0 Å². The Morgan fingerprint density at radius 3 is 2.79 bits per heavy atom. The van der Waals surface area contributed by atoms with Crippen molar-refractivity contribution in [1.82, 2.24) is 5.01 Å². The average Bonchev–Trinajstić information content (AvgIpc) is 2.12. The number of halogens is 2. The van der Waals surface area contributed by atoms with E-state index in [4.69, 9.17) is 33.8 Å². The van der Waals surface area contributed by atoms with Crippen molar-refractivity contribution in [2.45, 2.75) is 0 Å². The summed E-state index contributed by atoms with van der Waals surface area (Å²) < 4.78 is 5.39. The molecule has 1 aromatic rings. The molecule has 0 bridgehead atoms. The molecule has 0 aliphatic rings. The van der Waals surface area contributed by atoms with Gasteiger partial charge in [0.15, 0.2) is 0 Å². The van der Waals surface area contributed by atoms with Crippen LogP contribution in [0.5, 0.6) is 5.75 Å². The van der Waals surface area contributed by atoms with E-state index in [1.54, 1.807) is 30.3 Å². The number of nitrogens with zero attached hydrogens (tertiary/aromatic N) is 1. The van der Waals surface area contributed by atoms with Crippen LogP contribution in [-0.4, -0.2) is 25.2 Å². The summed E-state index contributed by atoms with van der Waals surface area (Å²) in [7, 11) is 1.77. The maximum atomic E-state index is 5.91. The van der Waals surface area contributed by atoms with E-state index < -0.39 is 0 Å². The van der Waals surface area contributed by atoms with Gasteiger partial charge in [0, 0.05) is 13.6 Å². The molecule has 0 amide bonds. The molecule has 5 heteroatoms. The average molecular weight is 235 g/mol. The van der Waals surface area contributed by atoms with Crippen LogP contribution in [0.15, 0.2) is 18.2 Å². The topological polar surface area (TPSA) is 38.5 Å². The zero-order valence-electron chi connectivity index (χ0n) is 7.84. The van der Waals surface area contributed by atoms with Crippen LogP contribution in [0.4, 0.5) is 0 Å². The van der Waals surface area contributed by atoms with Gasteiger partial charge in [-0.05, 0) is 12.1 Å². The lowest BCUT2D eigenvalue weighted by atomic mass is 10.3. The molecule has 0 fully saturated rings. The Labute approximate surface area is 93.3 Å². The van der Waals surface area contributed by atoms with Gasteiger partial charge >= 0.3 is 0 Å². The minimum atomic E-state index is 0.439. The van der Waals surface area contributed by atoms with Crippen LogP contribution in [-0.2, 0) is 0 Å². The van der Waals surface area contributed by atoms with E-state index in [0.29, 0.717) is 28.9 Å². The van der Waals surface area contributed by atoms with Gasteiger partial charge in [0.1, 0.15) is 17.4 Å². The Balaban J connectivity index is 2.54. The quantitative estimate of drug-likeness (QED) is 0.642. The van der Waals surface area contributed by atoms with Gasteiger partial charge in [-0.25, -0.2) is 5.01 Å². The van der Waals surface area contributed by atoms with E-state index in [-0.39, 0.29) is 0 Å². The van der Waals surface area contributed by atoms with Crippen LogP contribution in [0, 0.1) is 0 Å². The number of rotatable bonds is 4. The van der Waals surface area contributed by atoms with Crippen molar-refractivity contribution in [2.75, 3.05) is 20.2 Å². The Morgan fingerprint density at radius 2 is 2.14 bits per heavy atom. The van der Waals surface area contributed by atoms with E-state index in [1.807, 2.05) is 0 Å². The first kappa shape index (κ1) is 11.6. The monoisotopic (exact) mass is 234 g/mol. The fraction of sp³-hybridized carbons (Fsp3) is 0.333. The summed E-state index contributed by atoms with van der Waals surface area (Å²) in [6.07, 6.45) is 0. The summed E-state index contributed by atoms with van der Waals surface area (Å²) >= 11 is 11.7. The van der Waals surface area contributed by atoms with Crippen molar-refractivity contribution >= 4 is 23.2 Å². The molecular formula is C9H12Cl2N2O. The lowest BCUT2D eigenvalue weighted by Crippen LogP contribution is -2.30. The molecule has 0 atom stereocenters. The van der Waals surface area contributed by atoms with Gasteiger partial charge < -0.3 is 4.74 Å². The first-order chi connectivity index (χ1) is 6.61. The van der Waals surface area contributed by atoms with Crippen molar-refractivity contribution in [3.05, 3.63) is 28.2 Å². The van der Waals surface area contributed by atoms with E-state index in [2.05, 4.69) is 0 Å². The van der Waals surface area contributed by atoms with Gasteiger partial charge in [-0.15, -0.1) is 0 Å². The third-order valence-electron chi connectivity index (χ3n) is 1.62. The predicted octanol–water partition coefficient (Wildman–Crippen LogP) is 2.18. The molecule has 2 N–H and O–H groups in total. The highest BCUT2D eigenvalue weighted by molar-refractivity contribution is 6.42. The molecule has 0 spiro atoms. The second-order valence-electron chi connectivity index (χ2n) is 2.88. The SMILES string of the molecule is CN(N)CCOc1cccc(Cl)c1Cl. The Bertz CT molecular complexity index is 305. The van der Waals surface area contributed by atoms with Crippen molar-refractivity contribution in [2.24, 2.45) is 5.84 Å². The Kier molecular flexibility index (Phi) is 4.48. The van der Waals surface area contributed by atoms with Crippen LogP contribution in [0.1, 0.15) is 0 Å². The molecule has 0 heterocycles. The molecule has 0 aliphatic carbocycles. The number of hydrogen-bond acceptors (Lipinski definition) is 3. The number of likely N-dealkylation sites (N-methyl/N-ethyl adjacent to an activating group) is 1. The minimum absolute atomic E-state index is 0.439. The predicted molar refractivity (Wildman–Crippen MR) is 58.8 cm³/mol. The summed E-state index contributed by atoms with van der Waals surface area (Å²) in [6.45, 7) is 1.11. The molecule has 0 aliphatic heterocycles. The van der Waals surface area contributed by atoms with Crippen LogP contribution >= 0.6 is 23.2 Å². The first-order valence-electron chi connectivity index (χ1n) is 4.14. The van der Waals surface area contributed by atoms with Crippen molar-refractivity contribution in [1.29, 1.82) is 0 Å². The molecule has 0 unspecified atom stereocenters. The highest BCUT2D eigenvalue weighted by atomic mass is 35.5. The standard InChI is InChI=1S/C9H12Cl2N2O/c1-13(12)5-6-14-8-4-2-3-7(10)9(8)11/h2-4H,5-6,12H2,1H3. The van der Waals surface area contributed by atoms with E-state index in [0.717, 1.165) is 0 Å². The third kappa shape index (κ3) is 3.35. The number of hydrogen-bond donors (Lipinski definition) is 1. The molecule has 14 heavy (non-hydrogen) atoms. The summed E-state index contributed by atoms with van der Waals surface area (Å²) in [5.74, 6) is 6.00. The Hall–Kier alpha value is -0.480. The number of benzene rings is 1. The van der Waals surface area contributed by atoms with Crippen LogP contribution in [0.25, 0.3) is 0 Å². The Morgan fingerprint density at radius 1 is 1.43 bits per heavy atom. The lowest BCUT2D eigenvalue weighted by molar-refractivity contribution is 0.241. The van der Waals surface area contributed by atoms with Crippen LogP contribution < -0.4 is 10.6 Å². The summed E-state index contributed by atoms with van der Waals surface area (Å²) in [4.78, 5) is 0. The maximum Gasteiger partial charge on any atom is 0.139 e. The highest BCUT2D eigenvalue weighted by Gasteiger charge is 2.04. The van der Waals surface area contributed by atoms with Gasteiger partial charge in [0.05, 0.1) is 5.02 Å². The van der Waals surface area contributed by atoms with Gasteiger partial charge in [-0.3, -0.25) is 5.84 Å². The van der Waals surface area contributed by atoms with Crippen LogP contribution in [0.3, 0.4) is 0 Å². The van der Waals surface area contributed by atoms with Gasteiger partial charge in [0.25, 0.3) is 0 Å². The smallest absolute Gasteiger partial charge is 0.139 e. The molecule has 0 saturated carbocycles. The van der Waals surface area contributed by atoms with Gasteiger partial charge in [-0.1, -0.05) is 29.3 Å². The minimum Gasteiger partial charge on any atom is -0.491 e. The summed E-state index contributed by atoms with van der Waals surface area (Å²) in [5, 5.41) is 2.47. The normalized spacial score (nSPS) is 10.6. The third-order valence-corrected chi connectivity index (χ3v) is 2.42.